The molecular weight excluding hydrogens is 380 g/mol. The van der Waals surface area contributed by atoms with Gasteiger partial charge in [-0.05, 0) is 36.2 Å². The quantitative estimate of drug-likeness (QED) is 0.499. The molecule has 0 amide bonds. The van der Waals surface area contributed by atoms with Crippen LogP contribution >= 0.6 is 0 Å². The fourth-order valence-corrected chi connectivity index (χ4v) is 3.05. The van der Waals surface area contributed by atoms with Crippen molar-refractivity contribution in [1.29, 1.82) is 0 Å². The molecule has 1 aliphatic heterocycles. The molecule has 154 valence electrons. The number of ketones is 1. The number of carboxylic acids is 1. The van der Waals surface area contributed by atoms with Crippen LogP contribution in [0.4, 0.5) is 0 Å². The first-order valence-corrected chi connectivity index (χ1v) is 9.13. The first kappa shape index (κ1) is 20.9. The van der Waals surface area contributed by atoms with Crippen LogP contribution in [0.1, 0.15) is 22.3 Å². The highest BCUT2D eigenvalue weighted by Crippen LogP contribution is 2.25. The Bertz CT molecular complexity index is 836. The van der Waals surface area contributed by atoms with E-state index in [1.165, 1.54) is 12.1 Å². The number of ether oxygens (including phenoxy) is 2. The lowest BCUT2D eigenvalue weighted by atomic mass is 9.99. The molecule has 0 aromatic heterocycles. The van der Waals surface area contributed by atoms with Crippen molar-refractivity contribution in [2.75, 3.05) is 0 Å². The van der Waals surface area contributed by atoms with Gasteiger partial charge in [-0.2, -0.15) is 0 Å². The lowest BCUT2D eigenvalue weighted by molar-refractivity contribution is -0.271. The minimum absolute atomic E-state index is 0.0427. The van der Waals surface area contributed by atoms with Crippen molar-refractivity contribution >= 4 is 11.8 Å². The molecule has 0 bridgehead atoms. The van der Waals surface area contributed by atoms with Gasteiger partial charge in [-0.15, -0.1) is 0 Å². The van der Waals surface area contributed by atoms with Gasteiger partial charge in [0.2, 0.25) is 6.29 Å². The van der Waals surface area contributed by atoms with Crippen LogP contribution in [0.3, 0.4) is 0 Å². The third-order valence-corrected chi connectivity index (χ3v) is 4.73. The van der Waals surface area contributed by atoms with Crippen molar-refractivity contribution in [2.24, 2.45) is 0 Å². The number of aryl methyl sites for hydroxylation is 1. The van der Waals surface area contributed by atoms with E-state index >= 15 is 0 Å². The maximum atomic E-state index is 12.3. The van der Waals surface area contributed by atoms with Crippen LogP contribution < -0.4 is 4.74 Å². The Balaban J connectivity index is 1.61. The largest absolute Gasteiger partial charge is 0.479 e. The molecule has 8 heteroatoms. The molecule has 4 N–H and O–H groups in total. The van der Waals surface area contributed by atoms with E-state index in [4.69, 9.17) is 14.6 Å². The monoisotopic (exact) mass is 402 g/mol. The third kappa shape index (κ3) is 4.99. The van der Waals surface area contributed by atoms with Crippen LogP contribution in [0.15, 0.2) is 54.6 Å². The number of benzene rings is 2. The number of carbonyl (C=O) groups is 2. The Morgan fingerprint density at radius 3 is 2.17 bits per heavy atom. The van der Waals surface area contributed by atoms with Crippen molar-refractivity contribution in [3.8, 4) is 5.75 Å². The minimum Gasteiger partial charge on any atom is -0.479 e. The van der Waals surface area contributed by atoms with E-state index in [9.17, 15) is 24.9 Å². The number of carboxylic acid groups (broad SMARTS) is 1. The first-order chi connectivity index (χ1) is 13.9. The number of carbonyl (C=O) groups excluding carboxylic acids is 1. The molecule has 3 rings (SSSR count). The van der Waals surface area contributed by atoms with Crippen LogP contribution in [0.2, 0.25) is 0 Å². The van der Waals surface area contributed by atoms with Gasteiger partial charge >= 0.3 is 5.97 Å². The highest BCUT2D eigenvalue weighted by Gasteiger charge is 2.48. The Labute approximate surface area is 166 Å². The lowest BCUT2D eigenvalue weighted by Gasteiger charge is -2.38. The molecule has 0 radical (unpaired) electrons. The molecule has 1 heterocycles. The molecule has 1 fully saturated rings. The van der Waals surface area contributed by atoms with Gasteiger partial charge in [-0.25, -0.2) is 4.79 Å². The highest BCUT2D eigenvalue weighted by molar-refractivity contribution is 5.96. The van der Waals surface area contributed by atoms with Crippen LogP contribution in [0, 0.1) is 0 Å². The molecule has 29 heavy (non-hydrogen) atoms. The molecule has 0 saturated carbocycles. The summed E-state index contributed by atoms with van der Waals surface area (Å²) in [6.07, 6.45) is -7.43. The van der Waals surface area contributed by atoms with Gasteiger partial charge in [0.05, 0.1) is 0 Å². The second kappa shape index (κ2) is 9.15. The number of aliphatic hydroxyl groups excluding tert-OH is 3. The van der Waals surface area contributed by atoms with Gasteiger partial charge in [0.15, 0.2) is 11.9 Å². The molecule has 8 nitrogen and oxygen atoms in total. The summed E-state index contributed by atoms with van der Waals surface area (Å²) >= 11 is 0. The van der Waals surface area contributed by atoms with Gasteiger partial charge in [0.1, 0.15) is 24.1 Å². The van der Waals surface area contributed by atoms with Crippen molar-refractivity contribution in [3.05, 3.63) is 65.7 Å². The Morgan fingerprint density at radius 2 is 1.55 bits per heavy atom. The molecule has 1 saturated heterocycles. The van der Waals surface area contributed by atoms with E-state index in [-0.39, 0.29) is 11.5 Å². The molecule has 0 spiro atoms. The van der Waals surface area contributed by atoms with E-state index in [2.05, 4.69) is 0 Å². The Kier molecular flexibility index (Phi) is 6.60. The van der Waals surface area contributed by atoms with E-state index in [1.807, 2.05) is 30.3 Å². The summed E-state index contributed by atoms with van der Waals surface area (Å²) in [6, 6.07) is 15.7. The van der Waals surface area contributed by atoms with E-state index in [0.29, 0.717) is 18.4 Å². The summed E-state index contributed by atoms with van der Waals surface area (Å²) in [5.74, 6) is -1.32. The van der Waals surface area contributed by atoms with Crippen LogP contribution in [0.25, 0.3) is 0 Å². The molecule has 1 aliphatic rings. The van der Waals surface area contributed by atoms with Gasteiger partial charge in [0, 0.05) is 12.0 Å². The zero-order valence-corrected chi connectivity index (χ0v) is 15.4. The van der Waals surface area contributed by atoms with Crippen LogP contribution in [-0.4, -0.2) is 62.9 Å². The number of aliphatic hydroxyl groups is 3. The van der Waals surface area contributed by atoms with Gasteiger partial charge in [0.25, 0.3) is 0 Å². The van der Waals surface area contributed by atoms with Crippen LogP contribution in [-0.2, 0) is 16.0 Å². The lowest BCUT2D eigenvalue weighted by Crippen LogP contribution is -2.61. The average molecular weight is 402 g/mol. The number of aliphatic carboxylic acids is 1. The summed E-state index contributed by atoms with van der Waals surface area (Å²) in [5.41, 5.74) is 1.55. The predicted molar refractivity (Wildman–Crippen MR) is 100 cm³/mol. The first-order valence-electron chi connectivity index (χ1n) is 9.13. The SMILES string of the molecule is O=C(CCc1ccccc1)c1ccc(OC2OC(C(=O)O)C(O)C(O)C2O)cc1. The van der Waals surface area contributed by atoms with Crippen molar-refractivity contribution in [3.63, 3.8) is 0 Å². The normalized spacial score (nSPS) is 26.7. The fraction of sp³-hybridized carbons (Fsp3) is 0.333. The maximum absolute atomic E-state index is 12.3. The summed E-state index contributed by atoms with van der Waals surface area (Å²) < 4.78 is 10.5. The topological polar surface area (TPSA) is 134 Å². The fourth-order valence-electron chi connectivity index (χ4n) is 3.05. The summed E-state index contributed by atoms with van der Waals surface area (Å²) in [4.78, 5) is 23.5. The van der Waals surface area contributed by atoms with E-state index < -0.39 is 36.7 Å². The maximum Gasteiger partial charge on any atom is 0.335 e. The minimum atomic E-state index is -1.79. The van der Waals surface area contributed by atoms with E-state index in [0.717, 1.165) is 5.56 Å². The van der Waals surface area contributed by atoms with Gasteiger partial charge in [-0.3, -0.25) is 4.79 Å². The third-order valence-electron chi connectivity index (χ3n) is 4.73. The number of hydrogen-bond acceptors (Lipinski definition) is 7. The number of rotatable bonds is 7. The van der Waals surface area contributed by atoms with Crippen LogP contribution in [0.5, 0.6) is 5.75 Å². The number of Topliss-reactive ketones (excluding diaryl/α,β-unsaturated/α-hetero) is 1. The highest BCUT2D eigenvalue weighted by atomic mass is 16.7. The number of hydrogen-bond donors (Lipinski definition) is 4. The van der Waals surface area contributed by atoms with Crippen molar-refractivity contribution < 1.29 is 39.5 Å². The van der Waals surface area contributed by atoms with E-state index in [1.54, 1.807) is 12.1 Å². The zero-order chi connectivity index (χ0) is 21.0. The average Bonchev–Trinajstić information content (AvgIpc) is 2.73. The van der Waals surface area contributed by atoms with Gasteiger partial charge < -0.3 is 29.9 Å². The summed E-state index contributed by atoms with van der Waals surface area (Å²) in [5, 5.41) is 38.5. The standard InChI is InChI=1S/C21H22O8/c22-15(11-6-12-4-2-1-3-5-12)13-7-9-14(10-8-13)28-21-18(25)16(23)17(24)19(29-21)20(26)27/h1-5,7-10,16-19,21,23-25H,6,11H2,(H,26,27). The van der Waals surface area contributed by atoms with Crippen molar-refractivity contribution in [2.45, 2.75) is 43.5 Å². The summed E-state index contributed by atoms with van der Waals surface area (Å²) in [6.45, 7) is 0. The molecule has 2 aromatic carbocycles. The zero-order valence-electron chi connectivity index (χ0n) is 15.4. The van der Waals surface area contributed by atoms with Gasteiger partial charge in [-0.1, -0.05) is 30.3 Å². The summed E-state index contributed by atoms with van der Waals surface area (Å²) in [7, 11) is 0. The molecule has 5 unspecified atom stereocenters. The Hall–Kier alpha value is -2.78. The molecule has 5 atom stereocenters. The molecule has 2 aromatic rings. The van der Waals surface area contributed by atoms with Crippen molar-refractivity contribution in [1.82, 2.24) is 0 Å². The Morgan fingerprint density at radius 1 is 0.897 bits per heavy atom. The second-order valence-corrected chi connectivity index (χ2v) is 6.79. The molecule has 0 aliphatic carbocycles. The predicted octanol–water partition coefficient (Wildman–Crippen LogP) is 0.773. The second-order valence-electron chi connectivity index (χ2n) is 6.79. The smallest absolute Gasteiger partial charge is 0.335 e. The molecular formula is C21H22O8.